The maximum absolute atomic E-state index is 12.7. The van der Waals surface area contributed by atoms with Gasteiger partial charge in [0.1, 0.15) is 11.8 Å². The molecule has 0 aromatic heterocycles. The Bertz CT molecular complexity index is 795. The van der Waals surface area contributed by atoms with E-state index < -0.39 is 12.0 Å². The third kappa shape index (κ3) is 3.50. The molecule has 5 heteroatoms. The third-order valence-electron chi connectivity index (χ3n) is 4.60. The normalized spacial score (nSPS) is 16.2. The van der Waals surface area contributed by atoms with E-state index in [0.29, 0.717) is 18.7 Å². The molecule has 1 atom stereocenters. The first-order valence-corrected chi connectivity index (χ1v) is 8.25. The van der Waals surface area contributed by atoms with Crippen molar-refractivity contribution in [1.82, 2.24) is 4.90 Å². The number of carboxylic acid groups (broad SMARTS) is 1. The fourth-order valence-corrected chi connectivity index (χ4v) is 3.25. The molecule has 0 saturated heterocycles. The van der Waals surface area contributed by atoms with Crippen LogP contribution in [-0.4, -0.2) is 34.5 Å². The number of carbonyl (C=O) groups excluding carboxylic acids is 1. The van der Waals surface area contributed by atoms with Crippen LogP contribution in [0.15, 0.2) is 42.5 Å². The minimum Gasteiger partial charge on any atom is -0.483 e. The number of ether oxygens (including phenoxy) is 1. The van der Waals surface area contributed by atoms with Gasteiger partial charge in [-0.3, -0.25) is 4.79 Å². The van der Waals surface area contributed by atoms with Crippen molar-refractivity contribution in [2.45, 2.75) is 32.9 Å². The van der Waals surface area contributed by atoms with Crippen molar-refractivity contribution < 1.29 is 19.4 Å². The van der Waals surface area contributed by atoms with Crippen molar-refractivity contribution in [3.8, 4) is 5.75 Å². The largest absolute Gasteiger partial charge is 0.483 e. The monoisotopic (exact) mass is 339 g/mol. The van der Waals surface area contributed by atoms with Crippen LogP contribution < -0.4 is 4.74 Å². The van der Waals surface area contributed by atoms with Gasteiger partial charge in [0.15, 0.2) is 6.61 Å². The Morgan fingerprint density at radius 3 is 2.36 bits per heavy atom. The second-order valence-electron chi connectivity index (χ2n) is 6.36. The SMILES string of the molecule is Cc1cccc(C)c1OCC(=O)N1Cc2ccccc2CC1C(=O)O. The predicted molar refractivity (Wildman–Crippen MR) is 93.5 cm³/mol. The van der Waals surface area contributed by atoms with Gasteiger partial charge in [0, 0.05) is 13.0 Å². The summed E-state index contributed by atoms with van der Waals surface area (Å²) < 4.78 is 5.71. The van der Waals surface area contributed by atoms with Gasteiger partial charge in [-0.15, -0.1) is 0 Å². The molecule has 3 rings (SSSR count). The van der Waals surface area contributed by atoms with Crippen LogP contribution >= 0.6 is 0 Å². The first kappa shape index (κ1) is 17.0. The number of benzene rings is 2. The topological polar surface area (TPSA) is 66.8 Å². The molecule has 0 radical (unpaired) electrons. The Kier molecular flexibility index (Phi) is 4.74. The van der Waals surface area contributed by atoms with Crippen LogP contribution in [0, 0.1) is 13.8 Å². The van der Waals surface area contributed by atoms with Crippen molar-refractivity contribution in [2.75, 3.05) is 6.61 Å². The smallest absolute Gasteiger partial charge is 0.326 e. The zero-order valence-corrected chi connectivity index (χ0v) is 14.4. The number of hydrogen-bond acceptors (Lipinski definition) is 3. The van der Waals surface area contributed by atoms with Gasteiger partial charge in [-0.05, 0) is 36.1 Å². The lowest BCUT2D eigenvalue weighted by Gasteiger charge is -2.34. The molecule has 1 aliphatic rings. The molecule has 1 unspecified atom stereocenters. The summed E-state index contributed by atoms with van der Waals surface area (Å²) in [4.78, 5) is 25.7. The molecule has 2 aromatic rings. The number of carboxylic acids is 1. The fourth-order valence-electron chi connectivity index (χ4n) is 3.25. The number of rotatable bonds is 4. The average Bonchev–Trinajstić information content (AvgIpc) is 2.60. The van der Waals surface area contributed by atoms with Crippen LogP contribution in [0.1, 0.15) is 22.3 Å². The Labute approximate surface area is 146 Å². The molecule has 1 aliphatic heterocycles. The van der Waals surface area contributed by atoms with E-state index in [4.69, 9.17) is 4.74 Å². The minimum atomic E-state index is -0.991. The van der Waals surface area contributed by atoms with Crippen molar-refractivity contribution in [2.24, 2.45) is 0 Å². The second-order valence-corrected chi connectivity index (χ2v) is 6.36. The lowest BCUT2D eigenvalue weighted by molar-refractivity contribution is -0.152. The van der Waals surface area contributed by atoms with E-state index in [1.807, 2.05) is 56.3 Å². The first-order chi connectivity index (χ1) is 12.0. The lowest BCUT2D eigenvalue weighted by atomic mass is 9.94. The molecule has 1 heterocycles. The summed E-state index contributed by atoms with van der Waals surface area (Å²) in [5, 5.41) is 9.52. The highest BCUT2D eigenvalue weighted by Gasteiger charge is 2.34. The highest BCUT2D eigenvalue weighted by atomic mass is 16.5. The quantitative estimate of drug-likeness (QED) is 0.930. The lowest BCUT2D eigenvalue weighted by Crippen LogP contribution is -2.50. The molecule has 0 spiro atoms. The predicted octanol–water partition coefficient (Wildman–Crippen LogP) is 2.72. The molecule has 5 nitrogen and oxygen atoms in total. The van der Waals surface area contributed by atoms with Gasteiger partial charge < -0.3 is 14.7 Å². The zero-order valence-electron chi connectivity index (χ0n) is 14.4. The van der Waals surface area contributed by atoms with Crippen LogP contribution in [0.4, 0.5) is 0 Å². The molecule has 25 heavy (non-hydrogen) atoms. The van der Waals surface area contributed by atoms with Gasteiger partial charge in [0.25, 0.3) is 5.91 Å². The maximum Gasteiger partial charge on any atom is 0.326 e. The summed E-state index contributed by atoms with van der Waals surface area (Å²) in [5.41, 5.74) is 3.87. The maximum atomic E-state index is 12.7. The Hall–Kier alpha value is -2.82. The summed E-state index contributed by atoms with van der Waals surface area (Å²) >= 11 is 0. The van der Waals surface area contributed by atoms with E-state index >= 15 is 0 Å². The van der Waals surface area contributed by atoms with Gasteiger partial charge in [-0.25, -0.2) is 4.79 Å². The molecular weight excluding hydrogens is 318 g/mol. The van der Waals surface area contributed by atoms with E-state index in [1.165, 1.54) is 4.90 Å². The van der Waals surface area contributed by atoms with E-state index in [0.717, 1.165) is 22.3 Å². The van der Waals surface area contributed by atoms with Crippen molar-refractivity contribution in [3.63, 3.8) is 0 Å². The summed E-state index contributed by atoms with van der Waals surface area (Å²) in [5.74, 6) is -0.625. The van der Waals surface area contributed by atoms with Crippen LogP contribution in [0.5, 0.6) is 5.75 Å². The number of amides is 1. The first-order valence-electron chi connectivity index (χ1n) is 8.25. The van der Waals surface area contributed by atoms with E-state index in [9.17, 15) is 14.7 Å². The summed E-state index contributed by atoms with van der Waals surface area (Å²) in [7, 11) is 0. The molecule has 1 amide bonds. The van der Waals surface area contributed by atoms with E-state index in [1.54, 1.807) is 0 Å². The second kappa shape index (κ2) is 6.97. The molecule has 0 bridgehead atoms. The van der Waals surface area contributed by atoms with Gasteiger partial charge in [0.2, 0.25) is 0 Å². The van der Waals surface area contributed by atoms with Crippen LogP contribution in [0.3, 0.4) is 0 Å². The Morgan fingerprint density at radius 2 is 1.72 bits per heavy atom. The van der Waals surface area contributed by atoms with Crippen LogP contribution in [0.25, 0.3) is 0 Å². The summed E-state index contributed by atoms with van der Waals surface area (Å²) in [6.45, 7) is 3.97. The van der Waals surface area contributed by atoms with Crippen LogP contribution in [0.2, 0.25) is 0 Å². The summed E-state index contributed by atoms with van der Waals surface area (Å²) in [6.07, 6.45) is 0.320. The third-order valence-corrected chi connectivity index (χ3v) is 4.60. The molecule has 2 aromatic carbocycles. The van der Waals surface area contributed by atoms with Crippen molar-refractivity contribution in [1.29, 1.82) is 0 Å². The minimum absolute atomic E-state index is 0.169. The average molecular weight is 339 g/mol. The highest BCUT2D eigenvalue weighted by molar-refractivity contribution is 5.85. The molecular formula is C20H21NO4. The number of carbonyl (C=O) groups is 2. The van der Waals surface area contributed by atoms with Gasteiger partial charge >= 0.3 is 5.97 Å². The Morgan fingerprint density at radius 1 is 1.08 bits per heavy atom. The van der Waals surface area contributed by atoms with Gasteiger partial charge in [0.05, 0.1) is 0 Å². The molecule has 0 aliphatic carbocycles. The van der Waals surface area contributed by atoms with E-state index in [2.05, 4.69) is 0 Å². The zero-order chi connectivity index (χ0) is 18.0. The van der Waals surface area contributed by atoms with Gasteiger partial charge in [-0.2, -0.15) is 0 Å². The van der Waals surface area contributed by atoms with Crippen molar-refractivity contribution in [3.05, 3.63) is 64.7 Å². The van der Waals surface area contributed by atoms with Crippen LogP contribution in [-0.2, 0) is 22.6 Å². The highest BCUT2D eigenvalue weighted by Crippen LogP contribution is 2.25. The molecule has 130 valence electrons. The Balaban J connectivity index is 1.77. The number of para-hydroxylation sites is 1. The summed E-state index contributed by atoms with van der Waals surface area (Å²) in [6, 6.07) is 12.6. The van der Waals surface area contributed by atoms with E-state index in [-0.39, 0.29) is 12.5 Å². The van der Waals surface area contributed by atoms with Crippen molar-refractivity contribution >= 4 is 11.9 Å². The number of hydrogen-bond donors (Lipinski definition) is 1. The molecule has 0 saturated carbocycles. The number of nitrogens with zero attached hydrogens (tertiary/aromatic N) is 1. The number of aliphatic carboxylic acids is 1. The molecule has 1 N–H and O–H groups in total. The van der Waals surface area contributed by atoms with Gasteiger partial charge in [-0.1, -0.05) is 42.5 Å². The fraction of sp³-hybridized carbons (Fsp3) is 0.300. The molecule has 0 fully saturated rings. The number of aryl methyl sites for hydroxylation is 2. The standard InChI is InChI=1S/C20H21NO4/c1-13-6-5-7-14(2)19(13)25-12-18(22)21-11-16-9-4-3-8-15(16)10-17(21)20(23)24/h3-9,17H,10-12H2,1-2H3,(H,23,24). The number of fused-ring (bicyclic) bond motifs is 1.